The van der Waals surface area contributed by atoms with Crippen molar-refractivity contribution in [1.29, 1.82) is 0 Å². The molecule has 2 N–H and O–H groups in total. The molecule has 0 aromatic rings. The van der Waals surface area contributed by atoms with Gasteiger partial charge in [0.25, 0.3) is 5.97 Å². The number of hydrogen-bond acceptors (Lipinski definition) is 6. The number of ether oxygens (including phenoxy) is 4. The number of unbranched alkanes of at least 4 members (excludes halogenated alkanes) is 5. The minimum absolute atomic E-state index is 0.116. The Balaban J connectivity index is 4.33. The Hall–Kier alpha value is -0.240. The molecule has 6 heteroatoms. The Bertz CT molecular complexity index is 275. The van der Waals surface area contributed by atoms with Gasteiger partial charge < -0.3 is 29.2 Å². The van der Waals surface area contributed by atoms with E-state index in [1.54, 1.807) is 21.3 Å². The van der Waals surface area contributed by atoms with E-state index in [0.717, 1.165) is 25.7 Å². The van der Waals surface area contributed by atoms with Gasteiger partial charge in [0.15, 0.2) is 0 Å². The van der Waals surface area contributed by atoms with Crippen molar-refractivity contribution < 1.29 is 29.2 Å². The molecule has 0 rings (SSSR count). The van der Waals surface area contributed by atoms with Crippen molar-refractivity contribution in [3.8, 4) is 0 Å². The molecule has 6 nitrogen and oxygen atoms in total. The highest BCUT2D eigenvalue weighted by molar-refractivity contribution is 4.71. The summed E-state index contributed by atoms with van der Waals surface area (Å²) in [4.78, 5) is 0. The molecule has 0 spiro atoms. The molecule has 0 heterocycles. The summed E-state index contributed by atoms with van der Waals surface area (Å²) in [5.41, 5.74) is 0. The fourth-order valence-corrected chi connectivity index (χ4v) is 3.12. The molecule has 0 fully saturated rings. The largest absolute Gasteiger partial charge is 0.394 e. The van der Waals surface area contributed by atoms with Gasteiger partial charge in [-0.1, -0.05) is 45.4 Å². The minimum atomic E-state index is -1.02. The molecule has 0 radical (unpaired) electrons. The Morgan fingerprint density at radius 3 is 1.96 bits per heavy atom. The monoisotopic (exact) mass is 364 g/mol. The molecule has 152 valence electrons. The zero-order chi connectivity index (χ0) is 19.0. The third kappa shape index (κ3) is 10.5. The summed E-state index contributed by atoms with van der Waals surface area (Å²) >= 11 is 0. The topological polar surface area (TPSA) is 77.4 Å². The Kier molecular flexibility index (Phi) is 15.8. The molecule has 25 heavy (non-hydrogen) atoms. The molecule has 0 amide bonds. The first kappa shape index (κ1) is 24.8. The highest BCUT2D eigenvalue weighted by atomic mass is 16.9. The fourth-order valence-electron chi connectivity index (χ4n) is 3.12. The highest BCUT2D eigenvalue weighted by Crippen LogP contribution is 2.32. The predicted octanol–water partition coefficient (Wildman–Crippen LogP) is 3.10. The maximum Gasteiger partial charge on any atom is 0.285 e. The van der Waals surface area contributed by atoms with Crippen LogP contribution in [-0.4, -0.2) is 63.4 Å². The quantitative estimate of drug-likeness (QED) is 0.287. The summed E-state index contributed by atoms with van der Waals surface area (Å²) in [5.74, 6) is -0.904. The highest BCUT2D eigenvalue weighted by Gasteiger charge is 2.39. The van der Waals surface area contributed by atoms with Gasteiger partial charge in [0, 0.05) is 33.9 Å². The van der Waals surface area contributed by atoms with Crippen molar-refractivity contribution in [3.63, 3.8) is 0 Å². The van der Waals surface area contributed by atoms with Gasteiger partial charge in [-0.2, -0.15) is 0 Å². The Labute approximate surface area is 153 Å². The molecule has 0 saturated carbocycles. The minimum Gasteiger partial charge on any atom is -0.394 e. The number of hydrogen-bond donors (Lipinski definition) is 2. The molecule has 0 aromatic heterocycles. The van der Waals surface area contributed by atoms with E-state index in [-0.39, 0.29) is 19.1 Å². The van der Waals surface area contributed by atoms with Crippen LogP contribution in [0.3, 0.4) is 0 Å². The Morgan fingerprint density at radius 2 is 1.40 bits per heavy atom. The van der Waals surface area contributed by atoms with Crippen LogP contribution in [0.2, 0.25) is 0 Å². The normalized spacial score (nSPS) is 14.6. The molecule has 0 aliphatic carbocycles. The fraction of sp³-hybridized carbons (Fsp3) is 1.00. The second-order valence-electron chi connectivity index (χ2n) is 6.52. The standard InChI is InChI=1S/C19H40O6/c1-5-6-7-8-9-10-12-17(19(22-2,23-3)24-4)13-11-14-25-16-18(21)15-20/h17-18,20-21H,5-16H2,1-4H3/t17-,18?/m1/s1. The maximum absolute atomic E-state index is 9.28. The van der Waals surface area contributed by atoms with Crippen molar-refractivity contribution in [2.24, 2.45) is 5.92 Å². The summed E-state index contributed by atoms with van der Waals surface area (Å²) in [5, 5.41) is 18.1. The molecular formula is C19H40O6. The molecule has 0 aromatic carbocycles. The molecule has 1 unspecified atom stereocenters. The lowest BCUT2D eigenvalue weighted by molar-refractivity contribution is -0.380. The smallest absolute Gasteiger partial charge is 0.285 e. The van der Waals surface area contributed by atoms with Crippen LogP contribution in [-0.2, 0) is 18.9 Å². The summed E-state index contributed by atoms with van der Waals surface area (Å²) in [6, 6.07) is 0. The van der Waals surface area contributed by atoms with E-state index >= 15 is 0 Å². The van der Waals surface area contributed by atoms with E-state index in [2.05, 4.69) is 6.92 Å². The zero-order valence-electron chi connectivity index (χ0n) is 16.7. The third-order valence-electron chi connectivity index (χ3n) is 4.62. The van der Waals surface area contributed by atoms with Gasteiger partial charge in [0.2, 0.25) is 0 Å². The van der Waals surface area contributed by atoms with Gasteiger partial charge in [-0.05, 0) is 19.3 Å². The van der Waals surface area contributed by atoms with Crippen LogP contribution in [0.4, 0.5) is 0 Å². The molecule has 0 saturated heterocycles. The zero-order valence-corrected chi connectivity index (χ0v) is 16.7. The van der Waals surface area contributed by atoms with Crippen molar-refractivity contribution in [3.05, 3.63) is 0 Å². The number of aliphatic hydroxyl groups excluding tert-OH is 2. The number of methoxy groups -OCH3 is 3. The van der Waals surface area contributed by atoms with Crippen molar-refractivity contribution >= 4 is 0 Å². The second-order valence-corrected chi connectivity index (χ2v) is 6.52. The molecule has 2 atom stereocenters. The van der Waals surface area contributed by atoms with Crippen LogP contribution < -0.4 is 0 Å². The maximum atomic E-state index is 9.28. The van der Waals surface area contributed by atoms with E-state index in [4.69, 9.17) is 24.1 Å². The average Bonchev–Trinajstić information content (AvgIpc) is 2.64. The lowest BCUT2D eigenvalue weighted by atomic mass is 9.93. The van der Waals surface area contributed by atoms with Crippen LogP contribution in [0.1, 0.15) is 64.7 Å². The van der Waals surface area contributed by atoms with E-state index in [1.807, 2.05) is 0 Å². The first-order chi connectivity index (χ1) is 12.1. The SMILES string of the molecule is CCCCCCCC[C@H](CCCOCC(O)CO)C(OC)(OC)OC. The molecule has 0 aliphatic heterocycles. The van der Waals surface area contributed by atoms with E-state index in [0.29, 0.717) is 6.61 Å². The summed E-state index contributed by atoms with van der Waals surface area (Å²) in [6.45, 7) is 2.63. The second kappa shape index (κ2) is 16.0. The first-order valence-electron chi connectivity index (χ1n) is 9.62. The summed E-state index contributed by atoms with van der Waals surface area (Å²) in [6.07, 6.45) is 9.28. The van der Waals surface area contributed by atoms with Gasteiger partial charge in [-0.25, -0.2) is 0 Å². The van der Waals surface area contributed by atoms with E-state index in [1.165, 1.54) is 32.1 Å². The third-order valence-corrected chi connectivity index (χ3v) is 4.62. The lowest BCUT2D eigenvalue weighted by Crippen LogP contribution is -2.44. The molecule has 0 bridgehead atoms. The van der Waals surface area contributed by atoms with Gasteiger partial charge >= 0.3 is 0 Å². The van der Waals surface area contributed by atoms with Crippen LogP contribution in [0.15, 0.2) is 0 Å². The summed E-state index contributed by atoms with van der Waals surface area (Å²) < 4.78 is 22.0. The van der Waals surface area contributed by atoms with Crippen LogP contribution in [0, 0.1) is 5.92 Å². The average molecular weight is 365 g/mol. The van der Waals surface area contributed by atoms with Crippen LogP contribution in [0.5, 0.6) is 0 Å². The van der Waals surface area contributed by atoms with Gasteiger partial charge in [0.05, 0.1) is 13.2 Å². The van der Waals surface area contributed by atoms with Gasteiger partial charge in [-0.3, -0.25) is 0 Å². The van der Waals surface area contributed by atoms with Crippen molar-refractivity contribution in [1.82, 2.24) is 0 Å². The molecule has 0 aliphatic rings. The van der Waals surface area contributed by atoms with E-state index < -0.39 is 12.1 Å². The van der Waals surface area contributed by atoms with Crippen molar-refractivity contribution in [2.45, 2.75) is 76.8 Å². The van der Waals surface area contributed by atoms with Crippen LogP contribution >= 0.6 is 0 Å². The first-order valence-corrected chi connectivity index (χ1v) is 9.62. The van der Waals surface area contributed by atoms with Crippen molar-refractivity contribution in [2.75, 3.05) is 41.2 Å². The predicted molar refractivity (Wildman–Crippen MR) is 98.4 cm³/mol. The molecular weight excluding hydrogens is 324 g/mol. The van der Waals surface area contributed by atoms with Crippen LogP contribution in [0.25, 0.3) is 0 Å². The lowest BCUT2D eigenvalue weighted by Gasteiger charge is -2.36. The number of rotatable bonds is 18. The Morgan fingerprint density at radius 1 is 0.840 bits per heavy atom. The number of aliphatic hydroxyl groups is 2. The van der Waals surface area contributed by atoms with E-state index in [9.17, 15) is 5.11 Å². The summed E-state index contributed by atoms with van der Waals surface area (Å²) in [7, 11) is 4.82. The van der Waals surface area contributed by atoms with Gasteiger partial charge in [0.1, 0.15) is 6.10 Å². The van der Waals surface area contributed by atoms with Gasteiger partial charge in [-0.15, -0.1) is 0 Å².